The third kappa shape index (κ3) is 2.13. The number of halogens is 2. The minimum absolute atomic E-state index is 0. The van der Waals surface area contributed by atoms with E-state index in [1.54, 1.807) is 7.11 Å². The Labute approximate surface area is 135 Å². The lowest BCUT2D eigenvalue weighted by molar-refractivity contribution is 0.412. The zero-order valence-electron chi connectivity index (χ0n) is 11.8. The molecule has 1 unspecified atom stereocenters. The number of rotatable bonds is 1. The van der Waals surface area contributed by atoms with Crippen molar-refractivity contribution < 1.29 is 4.74 Å². The molecule has 0 amide bonds. The third-order valence-corrected chi connectivity index (χ3v) is 4.74. The maximum absolute atomic E-state index is 6.48. The van der Waals surface area contributed by atoms with Crippen LogP contribution in [-0.4, -0.2) is 13.7 Å². The first-order chi connectivity index (χ1) is 9.79. The Hall–Kier alpha value is -1.22. The molecule has 0 bridgehead atoms. The van der Waals surface area contributed by atoms with Gasteiger partial charge in [-0.15, -0.1) is 12.4 Å². The van der Waals surface area contributed by atoms with Crippen LogP contribution in [0.2, 0.25) is 5.02 Å². The van der Waals surface area contributed by atoms with Crippen molar-refractivity contribution in [3.8, 4) is 16.9 Å². The number of fused-ring (bicyclic) bond motifs is 2. The van der Waals surface area contributed by atoms with Crippen LogP contribution in [0.5, 0.6) is 5.75 Å². The van der Waals surface area contributed by atoms with Crippen LogP contribution in [0.4, 0.5) is 0 Å². The van der Waals surface area contributed by atoms with Gasteiger partial charge >= 0.3 is 0 Å². The third-order valence-electron chi connectivity index (χ3n) is 4.42. The van der Waals surface area contributed by atoms with Crippen molar-refractivity contribution in [3.63, 3.8) is 0 Å². The van der Waals surface area contributed by atoms with Gasteiger partial charge in [-0.2, -0.15) is 0 Å². The van der Waals surface area contributed by atoms with Gasteiger partial charge in [-0.3, -0.25) is 0 Å². The van der Waals surface area contributed by atoms with E-state index in [0.29, 0.717) is 6.04 Å². The summed E-state index contributed by atoms with van der Waals surface area (Å²) in [6, 6.07) is 10.8. The number of hydrogen-bond acceptors (Lipinski definition) is 2. The van der Waals surface area contributed by atoms with Gasteiger partial charge in [0.05, 0.1) is 7.11 Å². The van der Waals surface area contributed by atoms with Crippen molar-refractivity contribution in [2.75, 3.05) is 13.7 Å². The second kappa shape index (κ2) is 5.53. The lowest BCUT2D eigenvalue weighted by Crippen LogP contribution is -2.33. The van der Waals surface area contributed by atoms with E-state index in [0.717, 1.165) is 35.7 Å². The summed E-state index contributed by atoms with van der Waals surface area (Å²) in [6.45, 7) is 1.04. The van der Waals surface area contributed by atoms with Gasteiger partial charge in [0.25, 0.3) is 0 Å². The summed E-state index contributed by atoms with van der Waals surface area (Å²) in [7, 11) is 1.73. The summed E-state index contributed by atoms with van der Waals surface area (Å²) in [5, 5.41) is 4.45. The second-order valence-electron chi connectivity index (χ2n) is 5.45. The van der Waals surface area contributed by atoms with Gasteiger partial charge in [-0.25, -0.2) is 0 Å². The molecule has 0 radical (unpaired) electrons. The van der Waals surface area contributed by atoms with E-state index in [2.05, 4.69) is 23.5 Å². The predicted octanol–water partition coefficient (Wildman–Crippen LogP) is 4.18. The Morgan fingerprint density at radius 2 is 2.00 bits per heavy atom. The number of nitrogens with one attached hydrogen (secondary N) is 1. The van der Waals surface area contributed by atoms with E-state index in [1.165, 1.54) is 22.3 Å². The van der Waals surface area contributed by atoms with Gasteiger partial charge in [-0.1, -0.05) is 29.8 Å². The summed E-state index contributed by atoms with van der Waals surface area (Å²) >= 11 is 6.48. The number of methoxy groups -OCH3 is 1. The fourth-order valence-corrected chi connectivity index (χ4v) is 3.87. The van der Waals surface area contributed by atoms with Crippen LogP contribution in [0.1, 0.15) is 22.7 Å². The fraction of sp³-hybridized carbons (Fsp3) is 0.294. The molecule has 0 fully saturated rings. The Morgan fingerprint density at radius 1 is 1.14 bits per heavy atom. The van der Waals surface area contributed by atoms with Crippen LogP contribution >= 0.6 is 24.0 Å². The molecule has 0 saturated heterocycles. The molecule has 1 N–H and O–H groups in total. The van der Waals surface area contributed by atoms with Gasteiger partial charge in [0.15, 0.2) is 0 Å². The molecular formula is C17H17Cl2NO. The molecule has 110 valence electrons. The fourth-order valence-electron chi connectivity index (χ4n) is 3.58. The first-order valence-electron chi connectivity index (χ1n) is 7.00. The normalized spacial score (nSPS) is 18.3. The van der Waals surface area contributed by atoms with Gasteiger partial charge < -0.3 is 10.1 Å². The molecule has 2 nitrogen and oxygen atoms in total. The first kappa shape index (κ1) is 14.7. The predicted molar refractivity (Wildman–Crippen MR) is 88.8 cm³/mol. The zero-order chi connectivity index (χ0) is 13.7. The van der Waals surface area contributed by atoms with Crippen molar-refractivity contribution in [1.82, 2.24) is 5.32 Å². The van der Waals surface area contributed by atoms with Gasteiger partial charge in [0.1, 0.15) is 5.75 Å². The number of hydrogen-bond donors (Lipinski definition) is 1. The molecule has 4 rings (SSSR count). The molecule has 21 heavy (non-hydrogen) atoms. The minimum Gasteiger partial charge on any atom is -0.496 e. The highest BCUT2D eigenvalue weighted by Crippen LogP contribution is 2.48. The highest BCUT2D eigenvalue weighted by atomic mass is 35.5. The molecule has 4 heteroatoms. The molecule has 2 aromatic carbocycles. The molecule has 2 aromatic rings. The molecule has 0 aromatic heterocycles. The standard InChI is InChI=1S/C17H16ClNO.ClH/c1-20-14-6-5-10-7-8-19-13-9-11-3-2-4-12(18)15(11)17(14)16(10)13;/h2-6,13,19H,7-9H2,1H3;1H. The van der Waals surface area contributed by atoms with E-state index in [1.807, 2.05) is 12.1 Å². The smallest absolute Gasteiger partial charge is 0.127 e. The van der Waals surface area contributed by atoms with Crippen molar-refractivity contribution in [2.45, 2.75) is 18.9 Å². The maximum Gasteiger partial charge on any atom is 0.127 e. The highest BCUT2D eigenvalue weighted by Gasteiger charge is 2.32. The van der Waals surface area contributed by atoms with Gasteiger partial charge in [-0.05, 0) is 48.2 Å². The lowest BCUT2D eigenvalue weighted by atomic mass is 9.77. The van der Waals surface area contributed by atoms with Crippen molar-refractivity contribution in [3.05, 3.63) is 52.0 Å². The summed E-state index contributed by atoms with van der Waals surface area (Å²) in [5.41, 5.74) is 6.46. The van der Waals surface area contributed by atoms with Crippen molar-refractivity contribution in [1.29, 1.82) is 0 Å². The molecule has 1 atom stereocenters. The van der Waals surface area contributed by atoms with Gasteiger partial charge in [0, 0.05) is 22.2 Å². The number of ether oxygens (including phenoxy) is 1. The number of benzene rings is 2. The average molecular weight is 322 g/mol. The van der Waals surface area contributed by atoms with Crippen LogP contribution < -0.4 is 10.1 Å². The topological polar surface area (TPSA) is 21.3 Å². The van der Waals surface area contributed by atoms with Crippen LogP contribution in [0.15, 0.2) is 30.3 Å². The SMILES string of the molecule is COc1ccc2c3c1-c1c(Cl)cccc1CC3NCC2.Cl. The Kier molecular flexibility index (Phi) is 3.87. The van der Waals surface area contributed by atoms with Crippen LogP contribution in [0, 0.1) is 0 Å². The molecule has 0 spiro atoms. The summed E-state index contributed by atoms with van der Waals surface area (Å²) < 4.78 is 5.61. The molecule has 1 aliphatic carbocycles. The zero-order valence-corrected chi connectivity index (χ0v) is 13.4. The van der Waals surface area contributed by atoms with E-state index in [4.69, 9.17) is 16.3 Å². The van der Waals surface area contributed by atoms with Crippen LogP contribution in [-0.2, 0) is 12.8 Å². The Balaban J connectivity index is 0.00000132. The maximum atomic E-state index is 6.48. The van der Waals surface area contributed by atoms with Crippen molar-refractivity contribution >= 4 is 24.0 Å². The molecule has 1 aliphatic heterocycles. The quantitative estimate of drug-likeness (QED) is 0.850. The van der Waals surface area contributed by atoms with E-state index >= 15 is 0 Å². The summed E-state index contributed by atoms with van der Waals surface area (Å²) in [4.78, 5) is 0. The van der Waals surface area contributed by atoms with E-state index < -0.39 is 0 Å². The largest absolute Gasteiger partial charge is 0.496 e. The second-order valence-corrected chi connectivity index (χ2v) is 5.86. The molecule has 0 saturated carbocycles. The van der Waals surface area contributed by atoms with Crippen molar-refractivity contribution in [2.24, 2.45) is 0 Å². The minimum atomic E-state index is 0. The van der Waals surface area contributed by atoms with Gasteiger partial charge in [0.2, 0.25) is 0 Å². The Morgan fingerprint density at radius 3 is 2.81 bits per heavy atom. The monoisotopic (exact) mass is 321 g/mol. The lowest BCUT2D eigenvalue weighted by Gasteiger charge is -2.35. The van der Waals surface area contributed by atoms with Crippen LogP contribution in [0.3, 0.4) is 0 Å². The van der Waals surface area contributed by atoms with E-state index in [-0.39, 0.29) is 12.4 Å². The van der Waals surface area contributed by atoms with E-state index in [9.17, 15) is 0 Å². The summed E-state index contributed by atoms with van der Waals surface area (Å²) in [6.07, 6.45) is 2.08. The summed E-state index contributed by atoms with van der Waals surface area (Å²) in [5.74, 6) is 0.923. The molecule has 2 aliphatic rings. The average Bonchev–Trinajstić information content (AvgIpc) is 2.48. The Bertz CT molecular complexity index is 699. The van der Waals surface area contributed by atoms with Crippen LogP contribution in [0.25, 0.3) is 11.1 Å². The molecular weight excluding hydrogens is 305 g/mol. The highest BCUT2D eigenvalue weighted by molar-refractivity contribution is 6.33. The molecule has 1 heterocycles. The first-order valence-corrected chi connectivity index (χ1v) is 7.38.